The average Bonchev–Trinajstić information content (AvgIpc) is 3.34. The third-order valence-electron chi connectivity index (χ3n) is 9.91. The maximum Gasteiger partial charge on any atom is 0.335 e. The van der Waals surface area contributed by atoms with Crippen molar-refractivity contribution in [2.45, 2.75) is 95.4 Å². The second-order valence-electron chi connectivity index (χ2n) is 12.9. The van der Waals surface area contributed by atoms with Crippen LogP contribution in [0.5, 0.6) is 0 Å². The molecular weight excluding hydrogens is 572 g/mol. The number of benzene rings is 2. The number of unbranched alkanes of at least 4 members (excludes halogenated alkanes) is 1. The summed E-state index contributed by atoms with van der Waals surface area (Å²) in [6.45, 7) is 4.54. The van der Waals surface area contributed by atoms with Gasteiger partial charge in [0.1, 0.15) is 11.6 Å². The molecule has 2 saturated heterocycles. The molecule has 0 aromatic heterocycles. The fourth-order valence-electron chi connectivity index (χ4n) is 7.13. The second-order valence-corrected chi connectivity index (χ2v) is 12.9. The summed E-state index contributed by atoms with van der Waals surface area (Å²) >= 11 is 0. The summed E-state index contributed by atoms with van der Waals surface area (Å²) in [6, 6.07) is 12.5. The minimum Gasteiger partial charge on any atom is -0.478 e. The van der Waals surface area contributed by atoms with Crippen molar-refractivity contribution in [1.82, 2.24) is 15.1 Å². The molecule has 1 saturated carbocycles. The van der Waals surface area contributed by atoms with Gasteiger partial charge in [-0.1, -0.05) is 51.2 Å². The zero-order valence-corrected chi connectivity index (χ0v) is 26.2. The summed E-state index contributed by atoms with van der Waals surface area (Å²) in [7, 11) is 0. The highest BCUT2D eigenvalue weighted by Crippen LogP contribution is 2.36. The first-order chi connectivity index (χ1) is 21.7. The monoisotopic (exact) mass is 618 g/mol. The number of nitrogens with one attached hydrogen (secondary N) is 2. The first-order valence-corrected chi connectivity index (χ1v) is 16.5. The highest BCUT2D eigenvalue weighted by atomic mass is 16.4. The fourth-order valence-corrected chi connectivity index (χ4v) is 7.13. The molecule has 0 radical (unpaired) electrons. The van der Waals surface area contributed by atoms with Crippen molar-refractivity contribution in [1.29, 1.82) is 0 Å². The van der Waals surface area contributed by atoms with Gasteiger partial charge in [-0.2, -0.15) is 0 Å². The van der Waals surface area contributed by atoms with Gasteiger partial charge in [-0.25, -0.2) is 4.79 Å². The molecule has 10 nitrogen and oxygen atoms in total. The highest BCUT2D eigenvalue weighted by Gasteiger charge is 2.55. The van der Waals surface area contributed by atoms with Crippen LogP contribution < -0.4 is 10.6 Å². The lowest BCUT2D eigenvalue weighted by atomic mass is 9.79. The van der Waals surface area contributed by atoms with Crippen molar-refractivity contribution in [2.75, 3.05) is 25.0 Å². The molecule has 4 N–H and O–H groups in total. The summed E-state index contributed by atoms with van der Waals surface area (Å²) in [5.41, 5.74) is 1.29. The SMILES string of the molecule is CCCCN1C(=O)[C@@H]([C@H](O)C2CCCCCC2)NC(=O)C12CCN(Cc1ccc(C(=O)Nc3ccc(C(=O)O)cc3)cc1)CC2. The number of amides is 3. The van der Waals surface area contributed by atoms with Crippen LogP contribution in [0, 0.1) is 5.92 Å². The molecule has 2 atom stereocenters. The van der Waals surface area contributed by atoms with Gasteiger partial charge in [-0.15, -0.1) is 0 Å². The number of likely N-dealkylation sites (tertiary alicyclic amines) is 1. The van der Waals surface area contributed by atoms with E-state index in [0.29, 0.717) is 50.3 Å². The van der Waals surface area contributed by atoms with Gasteiger partial charge < -0.3 is 25.7 Å². The smallest absolute Gasteiger partial charge is 0.335 e. The van der Waals surface area contributed by atoms with Crippen molar-refractivity contribution in [2.24, 2.45) is 5.92 Å². The van der Waals surface area contributed by atoms with E-state index in [9.17, 15) is 24.3 Å². The van der Waals surface area contributed by atoms with Gasteiger partial charge in [0, 0.05) is 37.4 Å². The van der Waals surface area contributed by atoms with E-state index in [1.165, 1.54) is 12.1 Å². The predicted molar refractivity (Wildman–Crippen MR) is 171 cm³/mol. The number of carboxylic acids is 1. The van der Waals surface area contributed by atoms with E-state index in [-0.39, 0.29) is 29.2 Å². The minimum absolute atomic E-state index is 0.0356. The van der Waals surface area contributed by atoms with Crippen LogP contribution in [0.15, 0.2) is 48.5 Å². The number of carbonyl (C=O) groups excluding carboxylic acids is 3. The molecule has 1 spiro atoms. The van der Waals surface area contributed by atoms with Crippen LogP contribution in [0.3, 0.4) is 0 Å². The van der Waals surface area contributed by atoms with Crippen molar-refractivity contribution < 1.29 is 29.4 Å². The number of carbonyl (C=O) groups is 4. The van der Waals surface area contributed by atoms with Crippen molar-refractivity contribution in [3.63, 3.8) is 0 Å². The number of anilines is 1. The number of nitrogens with zero attached hydrogens (tertiary/aromatic N) is 2. The zero-order valence-electron chi connectivity index (χ0n) is 26.2. The third-order valence-corrected chi connectivity index (χ3v) is 9.91. The Kier molecular flexibility index (Phi) is 10.6. The Balaban J connectivity index is 1.19. The molecule has 10 heteroatoms. The van der Waals surface area contributed by atoms with E-state index in [4.69, 9.17) is 5.11 Å². The first-order valence-electron chi connectivity index (χ1n) is 16.5. The van der Waals surface area contributed by atoms with E-state index in [1.807, 2.05) is 12.1 Å². The molecule has 3 aliphatic rings. The van der Waals surface area contributed by atoms with E-state index in [2.05, 4.69) is 22.5 Å². The molecule has 0 bridgehead atoms. The molecule has 2 aromatic rings. The molecule has 2 aliphatic heterocycles. The highest BCUT2D eigenvalue weighted by molar-refractivity contribution is 6.04. The lowest BCUT2D eigenvalue weighted by molar-refractivity contribution is -0.165. The zero-order chi connectivity index (χ0) is 32.0. The number of aliphatic hydroxyl groups excluding tert-OH is 1. The standard InChI is InChI=1S/C35H46N4O6/c1-2-3-20-39-32(42)29(30(40)25-8-6-4-5-7-9-25)37-34(45)35(39)18-21-38(22-19-35)23-24-10-12-26(13-11-24)31(41)36-28-16-14-27(15-17-28)33(43)44/h10-17,25,29-30,40H,2-9,18-23H2,1H3,(H,36,41)(H,37,45)(H,43,44)/t29-,30-/m1/s1. The lowest BCUT2D eigenvalue weighted by Crippen LogP contribution is -2.75. The van der Waals surface area contributed by atoms with Gasteiger partial charge in [0.05, 0.1) is 11.7 Å². The molecule has 3 fully saturated rings. The Labute approximate surface area is 265 Å². The fraction of sp³-hybridized carbons (Fsp3) is 0.543. The molecule has 2 heterocycles. The van der Waals surface area contributed by atoms with Crippen LogP contribution in [0.25, 0.3) is 0 Å². The van der Waals surface area contributed by atoms with E-state index in [0.717, 1.165) is 56.9 Å². The summed E-state index contributed by atoms with van der Waals surface area (Å²) in [4.78, 5) is 55.6. The normalized spacial score (nSPS) is 21.6. The van der Waals surface area contributed by atoms with Gasteiger partial charge >= 0.3 is 5.97 Å². The third kappa shape index (κ3) is 7.39. The molecule has 242 valence electrons. The van der Waals surface area contributed by atoms with Crippen LogP contribution >= 0.6 is 0 Å². The van der Waals surface area contributed by atoms with Crippen LogP contribution in [0.2, 0.25) is 0 Å². The Hall–Kier alpha value is -3.76. The van der Waals surface area contributed by atoms with Crippen LogP contribution in [0.4, 0.5) is 5.69 Å². The Morgan fingerprint density at radius 1 is 0.956 bits per heavy atom. The molecule has 0 unspecified atom stereocenters. The van der Waals surface area contributed by atoms with E-state index < -0.39 is 23.7 Å². The Bertz CT molecular complexity index is 1350. The topological polar surface area (TPSA) is 139 Å². The number of piperazine rings is 1. The van der Waals surface area contributed by atoms with E-state index >= 15 is 0 Å². The van der Waals surface area contributed by atoms with Crippen molar-refractivity contribution >= 4 is 29.4 Å². The number of carboxylic acid groups (broad SMARTS) is 1. The van der Waals surface area contributed by atoms with Gasteiger partial charge in [0.2, 0.25) is 11.8 Å². The van der Waals surface area contributed by atoms with Crippen molar-refractivity contribution in [3.05, 3.63) is 65.2 Å². The molecule has 2 aromatic carbocycles. The van der Waals surface area contributed by atoms with Gasteiger partial charge in [-0.3, -0.25) is 19.3 Å². The number of aliphatic hydroxyl groups is 1. The number of hydrogen-bond acceptors (Lipinski definition) is 6. The molecular formula is C35H46N4O6. The summed E-state index contributed by atoms with van der Waals surface area (Å²) in [5, 5.41) is 26.1. The molecule has 3 amide bonds. The largest absolute Gasteiger partial charge is 0.478 e. The Morgan fingerprint density at radius 2 is 1.58 bits per heavy atom. The minimum atomic E-state index is -1.02. The molecule has 5 rings (SSSR count). The lowest BCUT2D eigenvalue weighted by Gasteiger charge is -2.52. The van der Waals surface area contributed by atoms with Gasteiger partial charge in [0.15, 0.2) is 0 Å². The van der Waals surface area contributed by atoms with Crippen LogP contribution in [-0.4, -0.2) is 81.0 Å². The summed E-state index contributed by atoms with van der Waals surface area (Å²) in [6.07, 6.45) is 8.12. The number of aromatic carboxylic acids is 1. The van der Waals surface area contributed by atoms with Gasteiger partial charge in [0.25, 0.3) is 5.91 Å². The maximum atomic E-state index is 13.9. The van der Waals surface area contributed by atoms with Gasteiger partial charge in [-0.05, 0) is 80.0 Å². The Morgan fingerprint density at radius 3 is 2.18 bits per heavy atom. The molecule has 45 heavy (non-hydrogen) atoms. The van der Waals surface area contributed by atoms with Crippen LogP contribution in [0.1, 0.15) is 97.4 Å². The quantitative estimate of drug-likeness (QED) is 0.289. The average molecular weight is 619 g/mol. The van der Waals surface area contributed by atoms with Crippen LogP contribution in [-0.2, 0) is 16.1 Å². The molecule has 1 aliphatic carbocycles. The first kappa shape index (κ1) is 32.6. The van der Waals surface area contributed by atoms with E-state index in [1.54, 1.807) is 29.2 Å². The summed E-state index contributed by atoms with van der Waals surface area (Å²) in [5.74, 6) is -1.55. The number of hydrogen-bond donors (Lipinski definition) is 4. The van der Waals surface area contributed by atoms with Crippen molar-refractivity contribution in [3.8, 4) is 0 Å². The second kappa shape index (κ2) is 14.6. The predicted octanol–water partition coefficient (Wildman–Crippen LogP) is 4.43. The number of piperidine rings is 1. The number of rotatable bonds is 10. The maximum absolute atomic E-state index is 13.9. The summed E-state index contributed by atoms with van der Waals surface area (Å²) < 4.78 is 0.